The molecule has 0 aliphatic rings. The van der Waals surface area contributed by atoms with Gasteiger partial charge in [0.15, 0.2) is 5.13 Å². The van der Waals surface area contributed by atoms with Crippen LogP contribution in [0.25, 0.3) is 0 Å². The van der Waals surface area contributed by atoms with Crippen LogP contribution in [0.5, 0.6) is 5.75 Å². The lowest BCUT2D eigenvalue weighted by molar-refractivity contribution is -0.384. The molecule has 12 heteroatoms. The molecule has 1 heterocycles. The van der Waals surface area contributed by atoms with Gasteiger partial charge in [-0.2, -0.15) is 0 Å². The third-order valence-electron chi connectivity index (χ3n) is 2.43. The Kier molecular flexibility index (Phi) is 5.01. The smallest absolute Gasteiger partial charge is 0.476 e. The second kappa shape index (κ2) is 7.15. The van der Waals surface area contributed by atoms with Crippen LogP contribution in [0.3, 0.4) is 0 Å². The first kappa shape index (κ1) is 16.8. The third kappa shape index (κ3) is 4.23. The number of hydrogen-bond acceptors (Lipinski definition) is 10. The standard InChI is InChI=1S/C12H8N4O7S/c13-11-14-8(5-24-11)9(10(17)18)15-23-12(19)22-7-3-1-6(2-4-7)16(20)21/h1-5H,(H2,13,14)(H,17,18). The number of hydrogen-bond donors (Lipinski definition) is 2. The van der Waals surface area contributed by atoms with Gasteiger partial charge in [0, 0.05) is 17.5 Å². The number of benzene rings is 1. The quantitative estimate of drug-likeness (QED) is 0.203. The van der Waals surface area contributed by atoms with Crippen molar-refractivity contribution in [3.63, 3.8) is 0 Å². The van der Waals surface area contributed by atoms with Gasteiger partial charge in [0.2, 0.25) is 5.71 Å². The fraction of sp³-hybridized carbons (Fsp3) is 0. The number of anilines is 1. The number of aliphatic carboxylic acids is 1. The summed E-state index contributed by atoms with van der Waals surface area (Å²) in [5, 5.41) is 24.1. The number of nitrogens with two attached hydrogens (primary N) is 1. The normalized spacial score (nSPS) is 10.9. The molecule has 0 spiro atoms. The Labute approximate surface area is 137 Å². The van der Waals surface area contributed by atoms with Crippen LogP contribution in [0.4, 0.5) is 15.6 Å². The maximum atomic E-state index is 11.5. The number of carboxylic acid groups (broad SMARTS) is 1. The summed E-state index contributed by atoms with van der Waals surface area (Å²) in [6.07, 6.45) is -1.33. The number of non-ortho nitro benzene ring substituents is 1. The second-order valence-corrected chi connectivity index (χ2v) is 4.90. The van der Waals surface area contributed by atoms with Crippen LogP contribution in [0.15, 0.2) is 34.8 Å². The van der Waals surface area contributed by atoms with Crippen LogP contribution < -0.4 is 10.5 Å². The summed E-state index contributed by atoms with van der Waals surface area (Å²) in [5.74, 6) is -1.53. The average Bonchev–Trinajstić information content (AvgIpc) is 2.94. The SMILES string of the molecule is Nc1nc(C(=NOC(=O)Oc2ccc([N+](=O)[O-])cc2)C(=O)O)cs1. The number of carboxylic acids is 1. The molecule has 2 rings (SSSR count). The molecule has 0 atom stereocenters. The number of nitrogen functional groups attached to an aromatic ring is 1. The van der Waals surface area contributed by atoms with Crippen molar-refractivity contribution in [2.75, 3.05) is 5.73 Å². The highest BCUT2D eigenvalue weighted by Gasteiger charge is 2.18. The van der Waals surface area contributed by atoms with Gasteiger partial charge in [-0.05, 0) is 12.1 Å². The second-order valence-electron chi connectivity index (χ2n) is 4.01. The van der Waals surface area contributed by atoms with Crippen molar-refractivity contribution in [3.05, 3.63) is 45.5 Å². The largest absolute Gasteiger partial charge is 0.540 e. The predicted molar refractivity (Wildman–Crippen MR) is 80.9 cm³/mol. The molecule has 0 bridgehead atoms. The van der Waals surface area contributed by atoms with Crippen LogP contribution in [0.1, 0.15) is 5.69 Å². The van der Waals surface area contributed by atoms with E-state index in [-0.39, 0.29) is 22.3 Å². The lowest BCUT2D eigenvalue weighted by Gasteiger charge is -2.02. The molecular weight excluding hydrogens is 344 g/mol. The molecule has 1 aromatic carbocycles. The van der Waals surface area contributed by atoms with E-state index in [4.69, 9.17) is 15.6 Å². The van der Waals surface area contributed by atoms with Crippen LogP contribution in [0, 0.1) is 10.1 Å². The number of carbonyl (C=O) groups excluding carboxylic acids is 1. The van der Waals surface area contributed by atoms with E-state index in [0.717, 1.165) is 23.5 Å². The molecule has 124 valence electrons. The number of oxime groups is 1. The Morgan fingerprint density at radius 3 is 2.50 bits per heavy atom. The molecule has 0 saturated carbocycles. The lowest BCUT2D eigenvalue weighted by atomic mass is 10.3. The summed E-state index contributed by atoms with van der Waals surface area (Å²) >= 11 is 0.986. The zero-order chi connectivity index (χ0) is 17.7. The van der Waals surface area contributed by atoms with Gasteiger partial charge < -0.3 is 15.6 Å². The van der Waals surface area contributed by atoms with Gasteiger partial charge in [-0.25, -0.2) is 14.6 Å². The molecule has 1 aromatic heterocycles. The zero-order valence-corrected chi connectivity index (χ0v) is 12.4. The topological polar surface area (TPSA) is 167 Å². The van der Waals surface area contributed by atoms with E-state index in [2.05, 4.69) is 15.0 Å². The van der Waals surface area contributed by atoms with E-state index in [0.29, 0.717) is 0 Å². The highest BCUT2D eigenvalue weighted by Crippen LogP contribution is 2.18. The Bertz CT molecular complexity index is 815. The van der Waals surface area contributed by atoms with Crippen molar-refractivity contribution in [2.45, 2.75) is 0 Å². The molecule has 0 aliphatic heterocycles. The minimum atomic E-state index is -1.48. The van der Waals surface area contributed by atoms with Gasteiger partial charge >= 0.3 is 12.1 Å². The number of ether oxygens (including phenoxy) is 1. The van der Waals surface area contributed by atoms with Crippen molar-refractivity contribution in [2.24, 2.45) is 5.16 Å². The molecule has 0 radical (unpaired) electrons. The molecule has 24 heavy (non-hydrogen) atoms. The Morgan fingerprint density at radius 1 is 1.33 bits per heavy atom. The van der Waals surface area contributed by atoms with Crippen LogP contribution in [0.2, 0.25) is 0 Å². The molecule has 3 N–H and O–H groups in total. The molecular formula is C12H8N4O7S. The molecule has 0 saturated heterocycles. The summed E-state index contributed by atoms with van der Waals surface area (Å²) < 4.78 is 4.69. The van der Waals surface area contributed by atoms with Gasteiger partial charge in [-0.15, -0.1) is 11.3 Å². The zero-order valence-electron chi connectivity index (χ0n) is 11.6. The fourth-order valence-corrected chi connectivity index (χ4v) is 1.97. The fourth-order valence-electron chi connectivity index (χ4n) is 1.43. The van der Waals surface area contributed by atoms with Gasteiger partial charge in [-0.1, -0.05) is 5.16 Å². The highest BCUT2D eigenvalue weighted by atomic mass is 32.1. The number of aromatic nitrogens is 1. The highest BCUT2D eigenvalue weighted by molar-refractivity contribution is 7.13. The third-order valence-corrected chi connectivity index (χ3v) is 3.10. The Morgan fingerprint density at radius 2 is 2.00 bits per heavy atom. The first-order valence-electron chi connectivity index (χ1n) is 6.02. The number of carbonyl (C=O) groups is 2. The van der Waals surface area contributed by atoms with Gasteiger partial charge in [0.05, 0.1) is 4.92 Å². The predicted octanol–water partition coefficient (Wildman–Crippen LogP) is 1.64. The van der Waals surface area contributed by atoms with Gasteiger partial charge in [0.1, 0.15) is 11.4 Å². The molecule has 0 unspecified atom stereocenters. The number of nitro groups is 1. The number of nitrogens with zero attached hydrogens (tertiary/aromatic N) is 3. The maximum absolute atomic E-state index is 11.5. The van der Waals surface area contributed by atoms with Crippen molar-refractivity contribution in [3.8, 4) is 5.75 Å². The van der Waals surface area contributed by atoms with Crippen molar-refractivity contribution in [1.82, 2.24) is 4.98 Å². The van der Waals surface area contributed by atoms with E-state index in [1.165, 1.54) is 17.5 Å². The van der Waals surface area contributed by atoms with Crippen molar-refractivity contribution in [1.29, 1.82) is 0 Å². The van der Waals surface area contributed by atoms with Crippen LogP contribution in [-0.2, 0) is 9.63 Å². The first-order chi connectivity index (χ1) is 11.4. The van der Waals surface area contributed by atoms with Crippen molar-refractivity contribution < 1.29 is 29.2 Å². The molecule has 0 aliphatic carbocycles. The maximum Gasteiger partial charge on any atom is 0.540 e. The monoisotopic (exact) mass is 352 g/mol. The van der Waals surface area contributed by atoms with E-state index in [1.54, 1.807) is 0 Å². The first-order valence-corrected chi connectivity index (χ1v) is 6.90. The Hall–Kier alpha value is -3.54. The van der Waals surface area contributed by atoms with E-state index < -0.39 is 22.8 Å². The summed E-state index contributed by atoms with van der Waals surface area (Å²) in [7, 11) is 0. The minimum absolute atomic E-state index is 0.0458. The lowest BCUT2D eigenvalue weighted by Crippen LogP contribution is -2.17. The molecule has 2 aromatic rings. The summed E-state index contributed by atoms with van der Waals surface area (Å²) in [6.45, 7) is 0. The van der Waals surface area contributed by atoms with Crippen LogP contribution in [-0.4, -0.2) is 32.9 Å². The van der Waals surface area contributed by atoms with Gasteiger partial charge in [0.25, 0.3) is 5.69 Å². The van der Waals surface area contributed by atoms with E-state index in [9.17, 15) is 19.7 Å². The van der Waals surface area contributed by atoms with E-state index >= 15 is 0 Å². The summed E-state index contributed by atoms with van der Waals surface area (Å²) in [6, 6.07) is 4.57. The Balaban J connectivity index is 2.05. The summed E-state index contributed by atoms with van der Waals surface area (Å²) in [5.41, 5.74) is 4.48. The van der Waals surface area contributed by atoms with Crippen molar-refractivity contribution >= 4 is 40.0 Å². The number of nitro benzene ring substituents is 1. The molecule has 11 nitrogen and oxygen atoms in total. The number of thiazole rings is 1. The summed E-state index contributed by atoms with van der Waals surface area (Å²) in [4.78, 5) is 40.5. The molecule has 0 fully saturated rings. The van der Waals surface area contributed by atoms with Crippen LogP contribution >= 0.6 is 11.3 Å². The van der Waals surface area contributed by atoms with E-state index in [1.807, 2.05) is 0 Å². The number of rotatable bonds is 5. The molecule has 0 amide bonds. The average molecular weight is 352 g/mol. The minimum Gasteiger partial charge on any atom is -0.476 e. The van der Waals surface area contributed by atoms with Gasteiger partial charge in [-0.3, -0.25) is 15.0 Å².